The third-order valence-corrected chi connectivity index (χ3v) is 2.82. The second-order valence-electron chi connectivity index (χ2n) is 5.61. The fourth-order valence-electron chi connectivity index (χ4n) is 1.46. The molecule has 0 fully saturated rings. The number of phosphoric acid groups is 1. The Labute approximate surface area is 144 Å². The normalized spacial score (nSPS) is 12.8. The minimum Gasteiger partial charge on any atom is -0.303 e. The van der Waals surface area contributed by atoms with E-state index in [1.807, 2.05) is 0 Å². The third kappa shape index (κ3) is 11.0. The van der Waals surface area contributed by atoms with E-state index in [9.17, 15) is 0 Å². The molecule has 4 nitrogen and oxygen atoms in total. The predicted octanol–water partition coefficient (Wildman–Crippen LogP) is 0.373. The molecule has 0 spiro atoms. The Morgan fingerprint density at radius 2 is 1.75 bits per heavy atom. The van der Waals surface area contributed by atoms with Crippen molar-refractivity contribution in [3.05, 3.63) is 35.4 Å². The van der Waals surface area contributed by atoms with Gasteiger partial charge in [0.15, 0.2) is 0 Å². The van der Waals surface area contributed by atoms with Gasteiger partial charge in [0.25, 0.3) is 0 Å². The molecule has 20 heavy (non-hydrogen) atoms. The molecule has 3 N–H and O–H groups in total. The largest absolute Gasteiger partial charge is 1.00 e. The quantitative estimate of drug-likeness (QED) is 0.419. The van der Waals surface area contributed by atoms with E-state index in [-0.39, 0.29) is 35.0 Å². The zero-order valence-corrected chi connectivity index (χ0v) is 16.1. The van der Waals surface area contributed by atoms with Crippen LogP contribution in [0.5, 0.6) is 0 Å². The van der Waals surface area contributed by atoms with E-state index >= 15 is 0 Å². The third-order valence-electron chi connectivity index (χ3n) is 2.82. The smallest absolute Gasteiger partial charge is 0.303 e. The van der Waals surface area contributed by atoms with Crippen LogP contribution in [0.1, 0.15) is 58.1 Å². The second kappa shape index (κ2) is 9.37. The van der Waals surface area contributed by atoms with E-state index in [2.05, 4.69) is 58.9 Å². The van der Waals surface area contributed by atoms with Gasteiger partial charge in [-0.25, -0.2) is 4.57 Å². The van der Waals surface area contributed by atoms with Crippen LogP contribution in [0.4, 0.5) is 0 Å². The summed E-state index contributed by atoms with van der Waals surface area (Å²) in [7, 11) is -4.64. The first-order valence-corrected chi connectivity index (χ1v) is 7.82. The van der Waals surface area contributed by atoms with Gasteiger partial charge in [0.2, 0.25) is 0 Å². The molecular formula is C14H24NaO4P. The SMILES string of the molecule is CCC(C)c1cc[c-]c(C(C)(C)C)c1.O=P(O)(O)O.[Na+]. The molecule has 1 unspecified atom stereocenters. The molecule has 0 aliphatic rings. The number of benzene rings is 1. The number of hydrogen-bond donors (Lipinski definition) is 3. The van der Waals surface area contributed by atoms with Crippen LogP contribution in [0.25, 0.3) is 0 Å². The van der Waals surface area contributed by atoms with Crippen molar-refractivity contribution in [1.29, 1.82) is 0 Å². The summed E-state index contributed by atoms with van der Waals surface area (Å²) in [4.78, 5) is 21.6. The average Bonchev–Trinajstić information content (AvgIpc) is 2.25. The van der Waals surface area contributed by atoms with Crippen LogP contribution in [0.15, 0.2) is 18.2 Å². The van der Waals surface area contributed by atoms with Crippen molar-refractivity contribution in [3.8, 4) is 0 Å². The topological polar surface area (TPSA) is 77.8 Å². The predicted molar refractivity (Wildman–Crippen MR) is 76.9 cm³/mol. The van der Waals surface area contributed by atoms with Crippen molar-refractivity contribution in [3.63, 3.8) is 0 Å². The van der Waals surface area contributed by atoms with Crippen LogP contribution in [-0.2, 0) is 9.98 Å². The van der Waals surface area contributed by atoms with Crippen LogP contribution in [0.3, 0.4) is 0 Å². The Hall–Kier alpha value is 0.330. The summed E-state index contributed by atoms with van der Waals surface area (Å²) in [6.07, 6.45) is 1.20. The summed E-state index contributed by atoms with van der Waals surface area (Å²) in [5, 5.41) is 0. The van der Waals surface area contributed by atoms with Gasteiger partial charge >= 0.3 is 37.4 Å². The van der Waals surface area contributed by atoms with Crippen LogP contribution in [-0.4, -0.2) is 14.7 Å². The monoisotopic (exact) mass is 310 g/mol. The van der Waals surface area contributed by atoms with E-state index in [4.69, 9.17) is 19.2 Å². The molecule has 1 aromatic carbocycles. The molecule has 0 saturated heterocycles. The van der Waals surface area contributed by atoms with Crippen LogP contribution in [0.2, 0.25) is 0 Å². The Bertz CT molecular complexity index is 429. The molecule has 0 aliphatic heterocycles. The fraction of sp³-hybridized carbons (Fsp3) is 0.571. The fourth-order valence-corrected chi connectivity index (χ4v) is 1.46. The summed E-state index contributed by atoms with van der Waals surface area (Å²) in [6.45, 7) is 11.2. The van der Waals surface area contributed by atoms with Gasteiger partial charge in [0, 0.05) is 0 Å². The summed E-state index contributed by atoms with van der Waals surface area (Å²) < 4.78 is 8.88. The molecule has 1 atom stereocenters. The van der Waals surface area contributed by atoms with Crippen molar-refractivity contribution < 1.29 is 48.8 Å². The van der Waals surface area contributed by atoms with Gasteiger partial charge in [-0.1, -0.05) is 41.0 Å². The van der Waals surface area contributed by atoms with Gasteiger partial charge < -0.3 is 14.7 Å². The van der Waals surface area contributed by atoms with Crippen LogP contribution < -0.4 is 29.6 Å². The van der Waals surface area contributed by atoms with Crippen molar-refractivity contribution in [1.82, 2.24) is 0 Å². The maximum atomic E-state index is 8.88. The molecule has 0 amide bonds. The molecule has 0 heterocycles. The minimum atomic E-state index is -4.64. The van der Waals surface area contributed by atoms with E-state index in [1.165, 1.54) is 17.5 Å². The zero-order valence-electron chi connectivity index (χ0n) is 13.2. The number of rotatable bonds is 2. The molecule has 0 aromatic heterocycles. The maximum Gasteiger partial charge on any atom is 1.00 e. The van der Waals surface area contributed by atoms with Crippen molar-refractivity contribution in [2.45, 2.75) is 52.4 Å². The van der Waals surface area contributed by atoms with Crippen LogP contribution in [0, 0.1) is 6.07 Å². The molecule has 6 heteroatoms. The van der Waals surface area contributed by atoms with E-state index < -0.39 is 7.82 Å². The van der Waals surface area contributed by atoms with Crippen molar-refractivity contribution >= 4 is 7.82 Å². The van der Waals surface area contributed by atoms with Crippen LogP contribution >= 0.6 is 7.82 Å². The summed E-state index contributed by atoms with van der Waals surface area (Å²) >= 11 is 0. The Morgan fingerprint density at radius 3 is 2.10 bits per heavy atom. The second-order valence-corrected chi connectivity index (χ2v) is 6.63. The zero-order chi connectivity index (χ0) is 15.3. The molecule has 1 aromatic rings. The van der Waals surface area contributed by atoms with Gasteiger partial charge in [0.05, 0.1) is 0 Å². The van der Waals surface area contributed by atoms with Gasteiger partial charge in [-0.05, 0) is 11.3 Å². The molecule has 110 valence electrons. The first-order valence-electron chi connectivity index (χ1n) is 6.25. The number of hydrogen-bond acceptors (Lipinski definition) is 1. The first kappa shape index (κ1) is 22.6. The van der Waals surface area contributed by atoms with Gasteiger partial charge in [0.1, 0.15) is 0 Å². The van der Waals surface area contributed by atoms with Crippen molar-refractivity contribution in [2.24, 2.45) is 0 Å². The Kier molecular flexibility index (Phi) is 10.6. The first-order chi connectivity index (χ1) is 8.45. The maximum absolute atomic E-state index is 8.88. The van der Waals surface area contributed by atoms with Crippen molar-refractivity contribution in [2.75, 3.05) is 0 Å². The summed E-state index contributed by atoms with van der Waals surface area (Å²) in [6, 6.07) is 9.87. The van der Waals surface area contributed by atoms with Gasteiger partial charge in [-0.15, -0.1) is 0 Å². The summed E-state index contributed by atoms with van der Waals surface area (Å²) in [5.74, 6) is 0.658. The molecular weight excluding hydrogens is 286 g/mol. The average molecular weight is 310 g/mol. The molecule has 0 aliphatic carbocycles. The Morgan fingerprint density at radius 1 is 1.30 bits per heavy atom. The molecule has 0 bridgehead atoms. The van der Waals surface area contributed by atoms with E-state index in [0.29, 0.717) is 5.92 Å². The van der Waals surface area contributed by atoms with Gasteiger partial charge in [-0.2, -0.15) is 35.4 Å². The minimum absolute atomic E-state index is 0. The molecule has 1 rings (SSSR count). The molecule has 0 radical (unpaired) electrons. The van der Waals surface area contributed by atoms with Gasteiger partial charge in [-0.3, -0.25) is 0 Å². The van der Waals surface area contributed by atoms with E-state index in [1.54, 1.807) is 0 Å². The summed E-state index contributed by atoms with van der Waals surface area (Å²) in [5.41, 5.74) is 2.97. The Balaban J connectivity index is 0. The van der Waals surface area contributed by atoms with E-state index in [0.717, 1.165) is 0 Å². The molecule has 0 saturated carbocycles. The standard InChI is InChI=1S/C14H21.Na.H3O4P/c1-6-11(2)12-8-7-9-13(10-12)14(3,4)5;;1-5(2,3)4/h7-8,10-11H,6H2,1-5H3;;(H3,1,2,3,4)/q-1;+1;.